The van der Waals surface area contributed by atoms with Gasteiger partial charge in [-0.15, -0.1) is 0 Å². The summed E-state index contributed by atoms with van der Waals surface area (Å²) in [5.41, 5.74) is 1.04. The molecule has 29 heavy (non-hydrogen) atoms. The zero-order valence-electron chi connectivity index (χ0n) is 17.6. The first-order chi connectivity index (χ1) is 13.9. The molecule has 2 rings (SSSR count). The predicted octanol–water partition coefficient (Wildman–Crippen LogP) is 6.02. The Balaban J connectivity index is 2.27. The van der Waals surface area contributed by atoms with Gasteiger partial charge in [0.1, 0.15) is 0 Å². The van der Waals surface area contributed by atoms with E-state index in [1.54, 1.807) is 31.4 Å². The fourth-order valence-electron chi connectivity index (χ4n) is 3.46. The van der Waals surface area contributed by atoms with Crippen LogP contribution in [0, 0.1) is 0 Å². The predicted molar refractivity (Wildman–Crippen MR) is 121 cm³/mol. The molecule has 1 aromatic carbocycles. The molecule has 0 bridgehead atoms. The van der Waals surface area contributed by atoms with E-state index in [9.17, 15) is 4.79 Å². The zero-order valence-corrected chi connectivity index (χ0v) is 20.2. The van der Waals surface area contributed by atoms with Gasteiger partial charge in [-0.05, 0) is 45.7 Å². The van der Waals surface area contributed by atoms with Crippen molar-refractivity contribution in [1.82, 2.24) is 9.88 Å². The highest BCUT2D eigenvalue weighted by atomic mass is 79.9. The van der Waals surface area contributed by atoms with E-state index in [0.717, 1.165) is 22.6 Å². The topological polar surface area (TPSA) is 42.4 Å². The van der Waals surface area contributed by atoms with Crippen LogP contribution in [0.15, 0.2) is 53.3 Å². The number of halogens is 2. The molecule has 0 aliphatic rings. The Bertz CT molecular complexity index is 781. The summed E-state index contributed by atoms with van der Waals surface area (Å²) in [5.74, 6) is -0.204. The van der Waals surface area contributed by atoms with E-state index in [4.69, 9.17) is 4.43 Å². The van der Waals surface area contributed by atoms with E-state index in [0.29, 0.717) is 11.1 Å². The first-order valence-electron chi connectivity index (χ1n) is 10.1. The summed E-state index contributed by atoms with van der Waals surface area (Å²) in [6, 6.07) is 13.5. The Morgan fingerprint density at radius 1 is 1.17 bits per heavy atom. The molecule has 0 N–H and O–H groups in total. The lowest BCUT2D eigenvalue weighted by atomic mass is 10.1. The van der Waals surface area contributed by atoms with E-state index in [2.05, 4.69) is 41.7 Å². The number of rotatable bonds is 10. The van der Waals surface area contributed by atoms with Crippen LogP contribution in [0.25, 0.3) is 0 Å². The standard InChI is InChI=1S/C22H30BrFN2O2Si/c1-5-29(6-2,7-3)28-20(21(24)17-11-9-8-10-12-17)16-26(4)22(27)18-13-19(23)15-25-14-18/h8-15,20-21H,5-7,16H2,1-4H3. The minimum Gasteiger partial charge on any atom is -0.409 e. The monoisotopic (exact) mass is 480 g/mol. The molecular weight excluding hydrogens is 451 g/mol. The molecule has 158 valence electrons. The van der Waals surface area contributed by atoms with Crippen LogP contribution in [0.5, 0.6) is 0 Å². The van der Waals surface area contributed by atoms with Gasteiger partial charge >= 0.3 is 0 Å². The van der Waals surface area contributed by atoms with Crippen molar-refractivity contribution in [3.8, 4) is 0 Å². The molecule has 2 atom stereocenters. The second kappa shape index (κ2) is 11.0. The van der Waals surface area contributed by atoms with Crippen molar-refractivity contribution in [2.24, 2.45) is 0 Å². The van der Waals surface area contributed by atoms with Gasteiger partial charge in [0.05, 0.1) is 11.7 Å². The van der Waals surface area contributed by atoms with Crippen molar-refractivity contribution in [2.75, 3.05) is 13.6 Å². The molecular formula is C22H30BrFN2O2Si. The van der Waals surface area contributed by atoms with E-state index in [-0.39, 0.29) is 12.5 Å². The number of hydrogen-bond donors (Lipinski definition) is 0. The third-order valence-electron chi connectivity index (χ3n) is 5.53. The number of amides is 1. The molecule has 7 heteroatoms. The Hall–Kier alpha value is -1.57. The molecule has 1 heterocycles. The van der Waals surface area contributed by atoms with Crippen LogP contribution in [0.2, 0.25) is 18.1 Å². The summed E-state index contributed by atoms with van der Waals surface area (Å²) in [5, 5.41) is 0. The average Bonchev–Trinajstić information content (AvgIpc) is 2.76. The first-order valence-corrected chi connectivity index (χ1v) is 13.4. The maximum atomic E-state index is 15.6. The zero-order chi connectivity index (χ0) is 21.4. The van der Waals surface area contributed by atoms with Gasteiger partial charge in [0.15, 0.2) is 14.5 Å². The van der Waals surface area contributed by atoms with Crippen LogP contribution in [-0.4, -0.2) is 43.8 Å². The SMILES string of the molecule is CC[Si](CC)(CC)OC(CN(C)C(=O)c1cncc(Br)c1)C(F)c1ccccc1. The number of aromatic nitrogens is 1. The number of carbonyl (C=O) groups excluding carboxylic acids is 1. The van der Waals surface area contributed by atoms with Crippen molar-refractivity contribution in [2.45, 2.75) is 51.2 Å². The number of pyridine rings is 1. The first kappa shape index (κ1) is 23.7. The Kier molecular flexibility index (Phi) is 8.98. The number of carbonyl (C=O) groups is 1. The highest BCUT2D eigenvalue weighted by Gasteiger charge is 2.37. The van der Waals surface area contributed by atoms with Gasteiger partial charge in [0.2, 0.25) is 0 Å². The van der Waals surface area contributed by atoms with Crippen molar-refractivity contribution >= 4 is 30.2 Å². The van der Waals surface area contributed by atoms with E-state index >= 15 is 4.39 Å². The highest BCUT2D eigenvalue weighted by molar-refractivity contribution is 9.10. The van der Waals surface area contributed by atoms with Crippen LogP contribution in [0.3, 0.4) is 0 Å². The molecule has 1 aromatic heterocycles. The fourth-order valence-corrected chi connectivity index (χ4v) is 6.67. The number of hydrogen-bond acceptors (Lipinski definition) is 3. The average molecular weight is 481 g/mol. The third-order valence-corrected chi connectivity index (χ3v) is 10.6. The van der Waals surface area contributed by atoms with Crippen molar-refractivity contribution in [3.63, 3.8) is 0 Å². The lowest BCUT2D eigenvalue weighted by Crippen LogP contribution is -2.46. The smallest absolute Gasteiger partial charge is 0.255 e. The van der Waals surface area contributed by atoms with Gasteiger partial charge in [-0.25, -0.2) is 4.39 Å². The van der Waals surface area contributed by atoms with E-state index in [1.165, 1.54) is 11.1 Å². The quantitative estimate of drug-likeness (QED) is 0.390. The number of alkyl halides is 1. The van der Waals surface area contributed by atoms with Gasteiger partial charge < -0.3 is 9.33 Å². The largest absolute Gasteiger partial charge is 0.409 e. The van der Waals surface area contributed by atoms with Gasteiger partial charge in [0, 0.05) is 30.5 Å². The van der Waals surface area contributed by atoms with Crippen molar-refractivity contribution in [3.05, 3.63) is 64.4 Å². The number of nitrogens with zero attached hydrogens (tertiary/aromatic N) is 2. The minimum absolute atomic E-state index is 0.177. The lowest BCUT2D eigenvalue weighted by molar-refractivity contribution is 0.0482. The van der Waals surface area contributed by atoms with E-state index in [1.807, 2.05) is 18.2 Å². The van der Waals surface area contributed by atoms with Crippen molar-refractivity contribution < 1.29 is 13.6 Å². The molecule has 1 amide bonds. The summed E-state index contributed by atoms with van der Waals surface area (Å²) in [4.78, 5) is 18.5. The number of benzene rings is 1. The third kappa shape index (κ3) is 6.20. The summed E-state index contributed by atoms with van der Waals surface area (Å²) in [7, 11) is -0.379. The summed E-state index contributed by atoms with van der Waals surface area (Å²) in [6.45, 7) is 6.53. The Labute approximate surface area is 182 Å². The maximum absolute atomic E-state index is 15.6. The highest BCUT2D eigenvalue weighted by Crippen LogP contribution is 2.31. The molecule has 0 aliphatic carbocycles. The fraction of sp³-hybridized carbons (Fsp3) is 0.455. The minimum atomic E-state index is -2.06. The Morgan fingerprint density at radius 2 is 1.79 bits per heavy atom. The van der Waals surface area contributed by atoms with Gasteiger partial charge in [-0.3, -0.25) is 9.78 Å². The molecule has 2 unspecified atom stereocenters. The molecule has 0 aliphatic heterocycles. The molecule has 2 aromatic rings. The van der Waals surface area contributed by atoms with Crippen LogP contribution in [0.4, 0.5) is 4.39 Å². The summed E-state index contributed by atoms with van der Waals surface area (Å²) in [6.07, 6.45) is 1.13. The van der Waals surface area contributed by atoms with Gasteiger partial charge in [-0.1, -0.05) is 51.1 Å². The lowest BCUT2D eigenvalue weighted by Gasteiger charge is -2.36. The molecule has 0 spiro atoms. The van der Waals surface area contributed by atoms with E-state index < -0.39 is 20.6 Å². The normalized spacial score (nSPS) is 13.7. The molecule has 0 radical (unpaired) electrons. The van der Waals surface area contributed by atoms with Crippen LogP contribution in [0.1, 0.15) is 42.9 Å². The van der Waals surface area contributed by atoms with Crippen LogP contribution >= 0.6 is 15.9 Å². The molecule has 4 nitrogen and oxygen atoms in total. The maximum Gasteiger partial charge on any atom is 0.255 e. The van der Waals surface area contributed by atoms with Crippen LogP contribution < -0.4 is 0 Å². The van der Waals surface area contributed by atoms with Crippen molar-refractivity contribution in [1.29, 1.82) is 0 Å². The Morgan fingerprint density at radius 3 is 2.34 bits per heavy atom. The van der Waals surface area contributed by atoms with Crippen LogP contribution in [-0.2, 0) is 4.43 Å². The summed E-state index contributed by atoms with van der Waals surface area (Å²) >= 11 is 3.34. The summed E-state index contributed by atoms with van der Waals surface area (Å²) < 4.78 is 22.8. The van der Waals surface area contributed by atoms with Gasteiger partial charge in [-0.2, -0.15) is 0 Å². The second-order valence-electron chi connectivity index (χ2n) is 7.29. The number of likely N-dealkylation sites (N-methyl/N-ethyl adjacent to an activating group) is 1. The molecule has 0 fully saturated rings. The molecule has 0 saturated heterocycles. The molecule has 0 saturated carbocycles. The van der Waals surface area contributed by atoms with Gasteiger partial charge in [0.25, 0.3) is 5.91 Å². The second-order valence-corrected chi connectivity index (χ2v) is 12.9.